The Hall–Kier alpha value is -2.76. The lowest BCUT2D eigenvalue weighted by atomic mass is 9.97. The fourth-order valence-corrected chi connectivity index (χ4v) is 1.83. The Morgan fingerprint density at radius 1 is 0.850 bits per heavy atom. The summed E-state index contributed by atoms with van der Waals surface area (Å²) in [7, 11) is 0. The average Bonchev–Trinajstić information content (AvgIpc) is 2.38. The van der Waals surface area contributed by atoms with Gasteiger partial charge < -0.3 is 10.2 Å². The first-order valence-corrected chi connectivity index (χ1v) is 5.47. The Bertz CT molecular complexity index is 710. The van der Waals surface area contributed by atoms with E-state index in [-0.39, 0.29) is 16.7 Å². The lowest BCUT2D eigenvalue weighted by Crippen LogP contribution is -2.05. The van der Waals surface area contributed by atoms with Gasteiger partial charge in [0.05, 0.1) is 5.56 Å². The molecule has 2 rings (SSSR count). The van der Waals surface area contributed by atoms with Crippen LogP contribution in [0.25, 0.3) is 11.1 Å². The van der Waals surface area contributed by atoms with Crippen molar-refractivity contribution in [1.29, 1.82) is 0 Å². The van der Waals surface area contributed by atoms with Gasteiger partial charge in [0.15, 0.2) is 0 Å². The molecular weight excluding hydrogens is 270 g/mol. The van der Waals surface area contributed by atoms with Gasteiger partial charge in [-0.3, -0.25) is 0 Å². The highest BCUT2D eigenvalue weighted by molar-refractivity contribution is 5.97. The van der Waals surface area contributed by atoms with Crippen LogP contribution < -0.4 is 0 Å². The summed E-state index contributed by atoms with van der Waals surface area (Å²) < 4.78 is 27.3. The van der Waals surface area contributed by atoms with Gasteiger partial charge in [-0.15, -0.1) is 0 Å². The molecule has 0 bridgehead atoms. The summed E-state index contributed by atoms with van der Waals surface area (Å²) in [4.78, 5) is 21.9. The van der Waals surface area contributed by atoms with Gasteiger partial charge >= 0.3 is 11.9 Å². The van der Waals surface area contributed by atoms with Gasteiger partial charge in [0.25, 0.3) is 0 Å². The second-order valence-corrected chi connectivity index (χ2v) is 3.97. The summed E-state index contributed by atoms with van der Waals surface area (Å²) in [6.07, 6.45) is 0. The molecule has 102 valence electrons. The Morgan fingerprint density at radius 2 is 1.55 bits per heavy atom. The highest BCUT2D eigenvalue weighted by atomic mass is 19.1. The van der Waals surface area contributed by atoms with Crippen LogP contribution >= 0.6 is 0 Å². The zero-order valence-corrected chi connectivity index (χ0v) is 9.93. The Balaban J connectivity index is 2.74. The van der Waals surface area contributed by atoms with Crippen LogP contribution in [0.5, 0.6) is 0 Å². The largest absolute Gasteiger partial charge is 0.478 e. The number of halogens is 2. The molecule has 0 aromatic heterocycles. The molecule has 20 heavy (non-hydrogen) atoms. The van der Waals surface area contributed by atoms with Gasteiger partial charge in [0, 0.05) is 11.1 Å². The Labute approximate surface area is 111 Å². The third kappa shape index (κ3) is 2.35. The zero-order chi connectivity index (χ0) is 14.9. The molecule has 0 radical (unpaired) electrons. The topological polar surface area (TPSA) is 74.6 Å². The molecule has 0 atom stereocenters. The fourth-order valence-electron chi connectivity index (χ4n) is 1.83. The molecule has 0 amide bonds. The van der Waals surface area contributed by atoms with Crippen molar-refractivity contribution in [3.05, 3.63) is 59.2 Å². The summed E-state index contributed by atoms with van der Waals surface area (Å²) in [5, 5.41) is 17.9. The van der Waals surface area contributed by atoms with Gasteiger partial charge in [-0.2, -0.15) is 0 Å². The Kier molecular flexibility index (Phi) is 3.47. The highest BCUT2D eigenvalue weighted by Crippen LogP contribution is 2.29. The summed E-state index contributed by atoms with van der Waals surface area (Å²) in [5.74, 6) is -4.70. The molecule has 2 aromatic rings. The lowest BCUT2D eigenvalue weighted by Gasteiger charge is -2.09. The molecule has 6 heteroatoms. The minimum absolute atomic E-state index is 0.210. The number of carboxylic acids is 2. The fraction of sp³-hybridized carbons (Fsp3) is 0. The predicted molar refractivity (Wildman–Crippen MR) is 65.7 cm³/mol. The molecule has 0 aliphatic heterocycles. The van der Waals surface area contributed by atoms with Gasteiger partial charge in [0.1, 0.15) is 17.2 Å². The first kappa shape index (κ1) is 13.7. The first-order chi connectivity index (χ1) is 9.41. The normalized spacial score (nSPS) is 10.3. The van der Waals surface area contributed by atoms with E-state index < -0.39 is 29.1 Å². The van der Waals surface area contributed by atoms with E-state index in [4.69, 9.17) is 10.2 Å². The molecule has 2 N–H and O–H groups in total. The van der Waals surface area contributed by atoms with Crippen LogP contribution in [0.4, 0.5) is 8.78 Å². The zero-order valence-electron chi connectivity index (χ0n) is 9.93. The van der Waals surface area contributed by atoms with Gasteiger partial charge in [-0.25, -0.2) is 18.4 Å². The Morgan fingerprint density at radius 3 is 2.15 bits per heavy atom. The van der Waals surface area contributed by atoms with Gasteiger partial charge in [0.2, 0.25) is 0 Å². The van der Waals surface area contributed by atoms with Crippen LogP contribution in [0.2, 0.25) is 0 Å². The van der Waals surface area contributed by atoms with E-state index in [1.807, 2.05) is 0 Å². The summed E-state index contributed by atoms with van der Waals surface area (Å²) in [6, 6.07) is 6.29. The maximum absolute atomic E-state index is 13.8. The van der Waals surface area contributed by atoms with E-state index in [2.05, 4.69) is 0 Å². The summed E-state index contributed by atoms with van der Waals surface area (Å²) in [5.41, 5.74) is -1.41. The standard InChI is InChI=1S/C14H8F2O4/c15-10-5-4-7(13(17)18)6-9(10)8-2-1-3-11(16)12(8)14(19)20/h1-6H,(H,17,18)(H,19,20). The molecule has 0 saturated carbocycles. The van der Waals surface area contributed by atoms with Crippen molar-refractivity contribution in [2.75, 3.05) is 0 Å². The first-order valence-electron chi connectivity index (χ1n) is 5.47. The van der Waals surface area contributed by atoms with Crippen molar-refractivity contribution < 1.29 is 28.6 Å². The lowest BCUT2D eigenvalue weighted by molar-refractivity contribution is 0.0684. The molecular formula is C14H8F2O4. The minimum Gasteiger partial charge on any atom is -0.478 e. The smallest absolute Gasteiger partial charge is 0.339 e. The summed E-state index contributed by atoms with van der Waals surface area (Å²) in [6.45, 7) is 0. The van der Waals surface area contributed by atoms with Crippen molar-refractivity contribution in [2.45, 2.75) is 0 Å². The van der Waals surface area contributed by atoms with E-state index in [1.54, 1.807) is 0 Å². The third-order valence-corrected chi connectivity index (χ3v) is 2.73. The number of carboxylic acid groups (broad SMARTS) is 2. The maximum Gasteiger partial charge on any atom is 0.339 e. The molecule has 0 heterocycles. The molecule has 0 aliphatic carbocycles. The van der Waals surface area contributed by atoms with E-state index in [0.29, 0.717) is 0 Å². The maximum atomic E-state index is 13.8. The van der Waals surface area contributed by atoms with Crippen molar-refractivity contribution in [1.82, 2.24) is 0 Å². The van der Waals surface area contributed by atoms with Crippen LogP contribution in [-0.2, 0) is 0 Å². The van der Waals surface area contributed by atoms with Gasteiger partial charge in [-0.1, -0.05) is 12.1 Å². The van der Waals surface area contributed by atoms with Crippen LogP contribution in [0.1, 0.15) is 20.7 Å². The second kappa shape index (κ2) is 5.08. The van der Waals surface area contributed by atoms with Crippen molar-refractivity contribution in [3.63, 3.8) is 0 Å². The number of hydrogen-bond donors (Lipinski definition) is 2. The molecule has 0 aliphatic rings. The highest BCUT2D eigenvalue weighted by Gasteiger charge is 2.20. The molecule has 4 nitrogen and oxygen atoms in total. The number of hydrogen-bond acceptors (Lipinski definition) is 2. The van der Waals surface area contributed by atoms with E-state index in [1.165, 1.54) is 12.1 Å². The molecule has 0 spiro atoms. The van der Waals surface area contributed by atoms with Crippen LogP contribution in [0.15, 0.2) is 36.4 Å². The van der Waals surface area contributed by atoms with Crippen LogP contribution in [-0.4, -0.2) is 22.2 Å². The third-order valence-electron chi connectivity index (χ3n) is 2.73. The molecule has 0 saturated heterocycles. The quantitative estimate of drug-likeness (QED) is 0.905. The minimum atomic E-state index is -1.56. The predicted octanol–water partition coefficient (Wildman–Crippen LogP) is 3.03. The molecule has 2 aromatic carbocycles. The van der Waals surface area contributed by atoms with Crippen molar-refractivity contribution >= 4 is 11.9 Å². The number of carbonyl (C=O) groups is 2. The SMILES string of the molecule is O=C(O)c1ccc(F)c(-c2cccc(F)c2C(=O)O)c1. The van der Waals surface area contributed by atoms with Crippen molar-refractivity contribution in [2.24, 2.45) is 0 Å². The number of aromatic carboxylic acids is 2. The molecule has 0 unspecified atom stereocenters. The number of rotatable bonds is 3. The van der Waals surface area contributed by atoms with Crippen molar-refractivity contribution in [3.8, 4) is 11.1 Å². The van der Waals surface area contributed by atoms with Crippen LogP contribution in [0.3, 0.4) is 0 Å². The van der Waals surface area contributed by atoms with E-state index in [0.717, 1.165) is 24.3 Å². The second-order valence-electron chi connectivity index (χ2n) is 3.97. The van der Waals surface area contributed by atoms with Crippen LogP contribution in [0, 0.1) is 11.6 Å². The number of benzene rings is 2. The van der Waals surface area contributed by atoms with Gasteiger partial charge in [-0.05, 0) is 24.3 Å². The van der Waals surface area contributed by atoms with E-state index >= 15 is 0 Å². The van der Waals surface area contributed by atoms with E-state index in [9.17, 15) is 18.4 Å². The summed E-state index contributed by atoms with van der Waals surface area (Å²) >= 11 is 0. The average molecular weight is 278 g/mol. The monoisotopic (exact) mass is 278 g/mol. The molecule has 0 fully saturated rings.